The van der Waals surface area contributed by atoms with Gasteiger partial charge in [-0.25, -0.2) is 4.98 Å². The Bertz CT molecular complexity index is 1540. The van der Waals surface area contributed by atoms with Gasteiger partial charge in [0.15, 0.2) is 5.82 Å². The Morgan fingerprint density at radius 3 is 2.57 bits per heavy atom. The molecule has 0 bridgehead atoms. The molecular weight excluding hydrogens is 440 g/mol. The summed E-state index contributed by atoms with van der Waals surface area (Å²) in [5, 5.41) is 13.1. The fraction of sp³-hybridized carbons (Fsp3) is 0.185. The van der Waals surface area contributed by atoms with Crippen molar-refractivity contribution in [1.29, 1.82) is 0 Å². The number of nitrogens with one attached hydrogen (secondary N) is 1. The van der Waals surface area contributed by atoms with E-state index in [0.717, 1.165) is 16.7 Å². The van der Waals surface area contributed by atoms with E-state index in [1.165, 1.54) is 0 Å². The zero-order valence-electron chi connectivity index (χ0n) is 19.8. The van der Waals surface area contributed by atoms with Gasteiger partial charge in [-0.3, -0.25) is 4.79 Å². The molecule has 3 heterocycles. The number of pyridine rings is 2. The van der Waals surface area contributed by atoms with Crippen molar-refractivity contribution in [2.45, 2.75) is 26.4 Å². The number of rotatable bonds is 7. The summed E-state index contributed by atoms with van der Waals surface area (Å²) in [7, 11) is 1.64. The molecule has 0 fully saturated rings. The normalized spacial score (nSPS) is 11.2. The lowest BCUT2D eigenvalue weighted by Gasteiger charge is -2.13. The number of aromatic nitrogens is 5. The van der Waals surface area contributed by atoms with Crippen molar-refractivity contribution in [3.05, 3.63) is 95.2 Å². The van der Waals surface area contributed by atoms with Crippen LogP contribution in [0.5, 0.6) is 5.75 Å². The fourth-order valence-corrected chi connectivity index (χ4v) is 4.06. The third-order valence-electron chi connectivity index (χ3n) is 5.89. The minimum Gasteiger partial charge on any atom is -0.497 e. The maximum absolute atomic E-state index is 13.5. The molecule has 0 aliphatic heterocycles. The summed E-state index contributed by atoms with van der Waals surface area (Å²) in [5.74, 6) is 2.11. The highest BCUT2D eigenvalue weighted by Crippen LogP contribution is 2.25. The van der Waals surface area contributed by atoms with Crippen LogP contribution in [0.2, 0.25) is 0 Å². The van der Waals surface area contributed by atoms with Crippen LogP contribution in [0.25, 0.3) is 22.3 Å². The van der Waals surface area contributed by atoms with Gasteiger partial charge in [-0.2, -0.15) is 0 Å². The van der Waals surface area contributed by atoms with Crippen molar-refractivity contribution < 1.29 is 4.74 Å². The maximum Gasteiger partial charge on any atom is 0.260 e. The molecule has 0 aliphatic carbocycles. The van der Waals surface area contributed by atoms with Crippen LogP contribution in [0.15, 0.2) is 84.0 Å². The first kappa shape index (κ1) is 22.3. The summed E-state index contributed by atoms with van der Waals surface area (Å²) in [6.45, 7) is 4.61. The molecule has 0 aliphatic rings. The summed E-state index contributed by atoms with van der Waals surface area (Å²) in [6.07, 6.45) is 3.54. The lowest BCUT2D eigenvalue weighted by molar-refractivity contribution is 0.414. The second kappa shape index (κ2) is 9.42. The Kier molecular flexibility index (Phi) is 6.01. The van der Waals surface area contributed by atoms with E-state index in [-0.39, 0.29) is 11.6 Å². The SMILES string of the molecule is COc1ccc(Cn2ccc3cccc(Nc4cccc(-c5nncn5C(C)C)n4)c3c2=O)cc1. The molecule has 0 amide bonds. The van der Waals surface area contributed by atoms with Crippen LogP contribution < -0.4 is 15.6 Å². The lowest BCUT2D eigenvalue weighted by atomic mass is 10.1. The predicted octanol–water partition coefficient (Wildman–Crippen LogP) is 5.04. The average molecular weight is 467 g/mol. The zero-order valence-corrected chi connectivity index (χ0v) is 19.8. The van der Waals surface area contributed by atoms with Crippen molar-refractivity contribution in [3.8, 4) is 17.3 Å². The number of ether oxygens (including phenoxy) is 1. The van der Waals surface area contributed by atoms with Gasteiger partial charge in [0, 0.05) is 12.2 Å². The first-order chi connectivity index (χ1) is 17.0. The van der Waals surface area contributed by atoms with Gasteiger partial charge < -0.3 is 19.2 Å². The number of benzene rings is 2. The molecule has 176 valence electrons. The largest absolute Gasteiger partial charge is 0.497 e. The third-order valence-corrected chi connectivity index (χ3v) is 5.89. The average Bonchev–Trinajstić information content (AvgIpc) is 3.37. The summed E-state index contributed by atoms with van der Waals surface area (Å²) in [5.41, 5.74) is 2.35. The molecule has 0 saturated heterocycles. The van der Waals surface area contributed by atoms with E-state index in [2.05, 4.69) is 29.4 Å². The van der Waals surface area contributed by atoms with E-state index in [0.29, 0.717) is 35.0 Å². The van der Waals surface area contributed by atoms with Gasteiger partial charge >= 0.3 is 0 Å². The molecule has 8 heteroatoms. The number of hydrogen-bond donors (Lipinski definition) is 1. The van der Waals surface area contributed by atoms with Crippen molar-refractivity contribution in [2.75, 3.05) is 12.4 Å². The van der Waals surface area contributed by atoms with Crippen molar-refractivity contribution in [2.24, 2.45) is 0 Å². The smallest absolute Gasteiger partial charge is 0.260 e. The van der Waals surface area contributed by atoms with Crippen LogP contribution >= 0.6 is 0 Å². The van der Waals surface area contributed by atoms with Crippen LogP contribution in [0, 0.1) is 0 Å². The Morgan fingerprint density at radius 2 is 1.80 bits per heavy atom. The van der Waals surface area contributed by atoms with E-state index in [1.807, 2.05) is 77.5 Å². The number of methoxy groups -OCH3 is 1. The van der Waals surface area contributed by atoms with E-state index < -0.39 is 0 Å². The Hall–Kier alpha value is -4.46. The van der Waals surface area contributed by atoms with Gasteiger partial charge in [0.2, 0.25) is 0 Å². The van der Waals surface area contributed by atoms with Crippen molar-refractivity contribution in [3.63, 3.8) is 0 Å². The first-order valence-corrected chi connectivity index (χ1v) is 11.4. The number of anilines is 2. The molecule has 2 aromatic carbocycles. The standard InChI is InChI=1S/C27H26N6O2/c1-18(2)33-17-28-31-26(33)23-8-5-9-24(30-23)29-22-7-4-6-20-14-15-32(27(34)25(20)22)16-19-10-12-21(35-3)13-11-19/h4-15,17-18H,16H2,1-3H3,(H,29,30). The molecule has 1 N–H and O–H groups in total. The lowest BCUT2D eigenvalue weighted by Crippen LogP contribution is -2.20. The molecule has 0 spiro atoms. The molecule has 0 unspecified atom stereocenters. The number of nitrogens with zero attached hydrogens (tertiary/aromatic N) is 5. The highest BCUT2D eigenvalue weighted by Gasteiger charge is 2.13. The van der Waals surface area contributed by atoms with E-state index in [4.69, 9.17) is 9.72 Å². The molecule has 0 saturated carbocycles. The highest BCUT2D eigenvalue weighted by atomic mass is 16.5. The fourth-order valence-electron chi connectivity index (χ4n) is 4.06. The summed E-state index contributed by atoms with van der Waals surface area (Å²) >= 11 is 0. The molecule has 5 aromatic rings. The van der Waals surface area contributed by atoms with Gasteiger partial charge in [-0.1, -0.05) is 30.3 Å². The first-order valence-electron chi connectivity index (χ1n) is 11.4. The predicted molar refractivity (Wildman–Crippen MR) is 137 cm³/mol. The second-order valence-corrected chi connectivity index (χ2v) is 8.56. The van der Waals surface area contributed by atoms with Gasteiger partial charge in [-0.05, 0) is 61.2 Å². The summed E-state index contributed by atoms with van der Waals surface area (Å²) in [4.78, 5) is 18.2. The Balaban J connectivity index is 1.50. The zero-order chi connectivity index (χ0) is 24.4. The Morgan fingerprint density at radius 1 is 1.00 bits per heavy atom. The molecule has 8 nitrogen and oxygen atoms in total. The molecule has 0 radical (unpaired) electrons. The molecular formula is C27H26N6O2. The number of hydrogen-bond acceptors (Lipinski definition) is 6. The van der Waals surface area contributed by atoms with Crippen LogP contribution in [-0.2, 0) is 6.54 Å². The summed E-state index contributed by atoms with van der Waals surface area (Å²) < 4.78 is 8.92. The van der Waals surface area contributed by atoms with Crippen LogP contribution in [0.3, 0.4) is 0 Å². The minimum absolute atomic E-state index is 0.0721. The van der Waals surface area contributed by atoms with Crippen LogP contribution in [0.1, 0.15) is 25.5 Å². The Labute approximate surface area is 202 Å². The second-order valence-electron chi connectivity index (χ2n) is 8.56. The van der Waals surface area contributed by atoms with E-state index in [9.17, 15) is 4.79 Å². The third kappa shape index (κ3) is 4.50. The van der Waals surface area contributed by atoms with Gasteiger partial charge in [-0.15, -0.1) is 10.2 Å². The van der Waals surface area contributed by atoms with Gasteiger partial charge in [0.25, 0.3) is 5.56 Å². The van der Waals surface area contributed by atoms with Crippen molar-refractivity contribution in [1.82, 2.24) is 24.3 Å². The molecule has 3 aromatic heterocycles. The molecule has 35 heavy (non-hydrogen) atoms. The quantitative estimate of drug-likeness (QED) is 0.362. The van der Waals surface area contributed by atoms with E-state index in [1.54, 1.807) is 18.0 Å². The van der Waals surface area contributed by atoms with Gasteiger partial charge in [0.1, 0.15) is 23.6 Å². The van der Waals surface area contributed by atoms with Crippen molar-refractivity contribution >= 4 is 22.3 Å². The van der Waals surface area contributed by atoms with E-state index >= 15 is 0 Å². The topological polar surface area (TPSA) is 86.9 Å². The summed E-state index contributed by atoms with van der Waals surface area (Å²) in [6, 6.07) is 21.3. The molecule has 0 atom stereocenters. The minimum atomic E-state index is -0.0721. The monoisotopic (exact) mass is 466 g/mol. The highest BCUT2D eigenvalue weighted by molar-refractivity contribution is 5.94. The van der Waals surface area contributed by atoms with Crippen LogP contribution in [0.4, 0.5) is 11.5 Å². The van der Waals surface area contributed by atoms with Crippen LogP contribution in [-0.4, -0.2) is 31.4 Å². The maximum atomic E-state index is 13.5. The van der Waals surface area contributed by atoms with Gasteiger partial charge in [0.05, 0.1) is 24.7 Å². The number of fused-ring (bicyclic) bond motifs is 1. The molecule has 5 rings (SSSR count).